The highest BCUT2D eigenvalue weighted by atomic mass is 35.5. The largest absolute Gasteiger partial charge is 0.493 e. The van der Waals surface area contributed by atoms with Crippen LogP contribution < -0.4 is 9.47 Å². The molecule has 0 saturated carbocycles. The third-order valence-corrected chi connectivity index (χ3v) is 5.47. The van der Waals surface area contributed by atoms with E-state index in [1.165, 1.54) is 23.5 Å². The number of sulfonamides is 1. The number of methoxy groups -OCH3 is 1. The number of halogens is 1. The van der Waals surface area contributed by atoms with E-state index in [0.717, 1.165) is 5.56 Å². The number of ether oxygens (including phenoxy) is 2. The van der Waals surface area contributed by atoms with Crippen molar-refractivity contribution in [2.24, 2.45) is 0 Å². The molecule has 0 aliphatic heterocycles. The minimum Gasteiger partial charge on any atom is -0.493 e. The van der Waals surface area contributed by atoms with E-state index in [0.29, 0.717) is 23.1 Å². The van der Waals surface area contributed by atoms with Crippen molar-refractivity contribution in [3.63, 3.8) is 0 Å². The lowest BCUT2D eigenvalue weighted by molar-refractivity contribution is 0.310. The van der Waals surface area contributed by atoms with Crippen molar-refractivity contribution < 1.29 is 17.9 Å². The van der Waals surface area contributed by atoms with Gasteiger partial charge in [-0.05, 0) is 42.8 Å². The molecule has 2 rings (SSSR count). The van der Waals surface area contributed by atoms with E-state index in [1.807, 2.05) is 13.0 Å². The van der Waals surface area contributed by atoms with Crippen molar-refractivity contribution >= 4 is 21.6 Å². The molecule has 0 unspecified atom stereocenters. The summed E-state index contributed by atoms with van der Waals surface area (Å²) in [7, 11) is -0.546. The Hall–Kier alpha value is -1.76. The van der Waals surface area contributed by atoms with Crippen molar-refractivity contribution in [3.05, 3.63) is 53.1 Å². The molecule has 130 valence electrons. The molecule has 0 saturated heterocycles. The van der Waals surface area contributed by atoms with Crippen LogP contribution in [-0.2, 0) is 16.6 Å². The second kappa shape index (κ2) is 7.88. The lowest BCUT2D eigenvalue weighted by Gasteiger charge is -2.18. The van der Waals surface area contributed by atoms with Gasteiger partial charge < -0.3 is 9.47 Å². The third-order valence-electron chi connectivity index (χ3n) is 3.44. The normalized spacial score (nSPS) is 11.5. The molecular weight excluding hydrogens is 350 g/mol. The number of benzene rings is 2. The van der Waals surface area contributed by atoms with Gasteiger partial charge in [-0.2, -0.15) is 4.31 Å². The fourth-order valence-electron chi connectivity index (χ4n) is 2.23. The van der Waals surface area contributed by atoms with Crippen LogP contribution in [0.4, 0.5) is 0 Å². The van der Waals surface area contributed by atoms with E-state index >= 15 is 0 Å². The zero-order chi connectivity index (χ0) is 17.7. The summed E-state index contributed by atoms with van der Waals surface area (Å²) in [5.74, 6) is 1.20. The molecule has 0 radical (unpaired) electrons. The fourth-order valence-corrected chi connectivity index (χ4v) is 3.69. The van der Waals surface area contributed by atoms with Gasteiger partial charge >= 0.3 is 0 Å². The summed E-state index contributed by atoms with van der Waals surface area (Å²) in [4.78, 5) is 0.162. The lowest BCUT2D eigenvalue weighted by Crippen LogP contribution is -2.26. The summed E-state index contributed by atoms with van der Waals surface area (Å²) in [6, 6.07) is 11.6. The quantitative estimate of drug-likeness (QED) is 0.748. The monoisotopic (exact) mass is 369 g/mol. The molecular formula is C17H20ClNO4S. The van der Waals surface area contributed by atoms with Gasteiger partial charge in [-0.3, -0.25) is 0 Å². The minimum absolute atomic E-state index is 0.162. The maximum Gasteiger partial charge on any atom is 0.243 e. The summed E-state index contributed by atoms with van der Waals surface area (Å²) < 4.78 is 37.3. The Bertz CT molecular complexity index is 808. The summed E-state index contributed by atoms with van der Waals surface area (Å²) in [5, 5.41) is 0.382. The molecule has 0 spiro atoms. The van der Waals surface area contributed by atoms with Crippen molar-refractivity contribution in [1.29, 1.82) is 0 Å². The van der Waals surface area contributed by atoms with Gasteiger partial charge in [0.25, 0.3) is 0 Å². The maximum atomic E-state index is 12.6. The van der Waals surface area contributed by atoms with Crippen LogP contribution in [0.15, 0.2) is 47.4 Å². The molecule has 7 heteroatoms. The summed E-state index contributed by atoms with van der Waals surface area (Å²) in [6.07, 6.45) is 0. The van der Waals surface area contributed by atoms with E-state index in [-0.39, 0.29) is 11.4 Å². The first-order valence-electron chi connectivity index (χ1n) is 7.40. The van der Waals surface area contributed by atoms with Gasteiger partial charge in [-0.15, -0.1) is 0 Å². The van der Waals surface area contributed by atoms with E-state index < -0.39 is 10.0 Å². The van der Waals surface area contributed by atoms with E-state index in [2.05, 4.69) is 0 Å². The Morgan fingerprint density at radius 1 is 1.12 bits per heavy atom. The van der Waals surface area contributed by atoms with Crippen LogP contribution in [0.25, 0.3) is 0 Å². The molecule has 2 aromatic carbocycles. The maximum absolute atomic E-state index is 12.6. The predicted molar refractivity (Wildman–Crippen MR) is 94.3 cm³/mol. The predicted octanol–water partition coefficient (Wildman–Crippen LogP) is 3.57. The molecule has 0 amide bonds. The summed E-state index contributed by atoms with van der Waals surface area (Å²) in [5.41, 5.74) is 0.795. The molecule has 0 heterocycles. The molecule has 24 heavy (non-hydrogen) atoms. The first-order chi connectivity index (χ1) is 11.4. The van der Waals surface area contributed by atoms with Gasteiger partial charge in [0.1, 0.15) is 0 Å². The van der Waals surface area contributed by atoms with Crippen molar-refractivity contribution in [1.82, 2.24) is 4.31 Å². The van der Waals surface area contributed by atoms with Gasteiger partial charge in [-0.1, -0.05) is 23.7 Å². The molecule has 2 aromatic rings. The molecule has 0 fully saturated rings. The first-order valence-corrected chi connectivity index (χ1v) is 9.22. The molecule has 0 aliphatic carbocycles. The molecule has 0 aliphatic rings. The number of nitrogens with zero attached hydrogens (tertiary/aromatic N) is 1. The van der Waals surface area contributed by atoms with E-state index in [4.69, 9.17) is 21.1 Å². The highest BCUT2D eigenvalue weighted by Gasteiger charge is 2.21. The van der Waals surface area contributed by atoms with Crippen molar-refractivity contribution in [3.8, 4) is 11.5 Å². The Kier molecular flexibility index (Phi) is 6.10. The van der Waals surface area contributed by atoms with Crippen molar-refractivity contribution in [2.45, 2.75) is 18.4 Å². The van der Waals surface area contributed by atoms with Crippen LogP contribution in [0.1, 0.15) is 12.5 Å². The van der Waals surface area contributed by atoms with Crippen LogP contribution in [0.2, 0.25) is 5.02 Å². The Morgan fingerprint density at radius 2 is 1.88 bits per heavy atom. The number of hydrogen-bond acceptors (Lipinski definition) is 4. The molecule has 0 atom stereocenters. The first kappa shape index (κ1) is 18.6. The average molecular weight is 370 g/mol. The molecule has 0 bridgehead atoms. The Morgan fingerprint density at radius 3 is 2.50 bits per heavy atom. The fraction of sp³-hybridized carbons (Fsp3) is 0.294. The van der Waals surface area contributed by atoms with E-state index in [9.17, 15) is 8.42 Å². The minimum atomic E-state index is -3.62. The molecule has 5 nitrogen and oxygen atoms in total. The van der Waals surface area contributed by atoms with Gasteiger partial charge in [0.2, 0.25) is 10.0 Å². The molecule has 0 N–H and O–H groups in total. The van der Waals surface area contributed by atoms with E-state index in [1.54, 1.807) is 31.4 Å². The number of rotatable bonds is 7. The number of hydrogen-bond donors (Lipinski definition) is 0. The summed E-state index contributed by atoms with van der Waals surface area (Å²) >= 11 is 5.89. The van der Waals surface area contributed by atoms with Gasteiger partial charge in [-0.25, -0.2) is 8.42 Å². The second-order valence-corrected chi connectivity index (χ2v) is 7.62. The van der Waals surface area contributed by atoms with Gasteiger partial charge in [0.05, 0.1) is 18.6 Å². The smallest absolute Gasteiger partial charge is 0.243 e. The summed E-state index contributed by atoms with van der Waals surface area (Å²) in [6.45, 7) is 2.62. The van der Waals surface area contributed by atoms with Crippen LogP contribution in [0, 0.1) is 0 Å². The lowest BCUT2D eigenvalue weighted by atomic mass is 10.2. The Labute approximate surface area is 147 Å². The second-order valence-electron chi connectivity index (χ2n) is 5.14. The topological polar surface area (TPSA) is 55.8 Å². The van der Waals surface area contributed by atoms with Crippen LogP contribution in [-0.4, -0.2) is 33.5 Å². The van der Waals surface area contributed by atoms with Gasteiger partial charge in [0.15, 0.2) is 11.5 Å². The average Bonchev–Trinajstić information content (AvgIpc) is 2.56. The molecule has 0 aromatic heterocycles. The SMILES string of the molecule is CCOc1ccc(CN(C)S(=O)(=O)c2cccc(Cl)c2)cc1OC. The van der Waals surface area contributed by atoms with Crippen molar-refractivity contribution in [2.75, 3.05) is 20.8 Å². The highest BCUT2D eigenvalue weighted by Crippen LogP contribution is 2.29. The highest BCUT2D eigenvalue weighted by molar-refractivity contribution is 7.89. The Balaban J connectivity index is 2.24. The third kappa shape index (κ3) is 4.20. The zero-order valence-corrected chi connectivity index (χ0v) is 15.4. The van der Waals surface area contributed by atoms with Gasteiger partial charge in [0, 0.05) is 18.6 Å². The standard InChI is InChI=1S/C17H20ClNO4S/c1-4-23-16-9-8-13(10-17(16)22-3)12-19(2)24(20,21)15-7-5-6-14(18)11-15/h5-11H,4,12H2,1-3H3. The van der Waals surface area contributed by atoms with Crippen LogP contribution in [0.3, 0.4) is 0 Å². The van der Waals surface area contributed by atoms with Crippen LogP contribution >= 0.6 is 11.6 Å². The van der Waals surface area contributed by atoms with Crippen LogP contribution in [0.5, 0.6) is 11.5 Å². The zero-order valence-electron chi connectivity index (χ0n) is 13.8.